The molecule has 1 rings (SSSR count). The van der Waals surface area contributed by atoms with Crippen LogP contribution < -0.4 is 11.1 Å². The van der Waals surface area contributed by atoms with E-state index >= 15 is 0 Å². The van der Waals surface area contributed by atoms with Crippen molar-refractivity contribution in [2.24, 2.45) is 5.73 Å². The first-order valence-corrected chi connectivity index (χ1v) is 8.29. The average molecular weight is 339 g/mol. The summed E-state index contributed by atoms with van der Waals surface area (Å²) in [5.74, 6) is 0.363. The van der Waals surface area contributed by atoms with Gasteiger partial charge in [-0.3, -0.25) is 4.90 Å². The number of hydrogen-bond acceptors (Lipinski definition) is 5. The summed E-state index contributed by atoms with van der Waals surface area (Å²) in [7, 11) is 0. The Kier molecular flexibility index (Phi) is 9.36. The van der Waals surface area contributed by atoms with Gasteiger partial charge in [-0.2, -0.15) is 0 Å². The molecule has 0 radical (unpaired) electrons. The smallest absolute Gasteiger partial charge is 0.0594 e. The van der Waals surface area contributed by atoms with Crippen LogP contribution in [0.15, 0.2) is 47.3 Å². The van der Waals surface area contributed by atoms with E-state index in [1.54, 1.807) is 6.08 Å². The second-order valence-corrected chi connectivity index (χ2v) is 5.47. The summed E-state index contributed by atoms with van der Waals surface area (Å²) in [4.78, 5) is 2.35. The van der Waals surface area contributed by atoms with Gasteiger partial charge < -0.3 is 21.2 Å². The molecule has 4 N–H and O–H groups in total. The van der Waals surface area contributed by atoms with Crippen LogP contribution in [0.3, 0.4) is 0 Å². The Morgan fingerprint density at radius 3 is 2.70 bits per heavy atom. The van der Waals surface area contributed by atoms with Crippen molar-refractivity contribution in [1.82, 2.24) is 10.2 Å². The predicted octanol–water partition coefficient (Wildman–Crippen LogP) is 2.03. The highest BCUT2D eigenvalue weighted by Gasteiger charge is 2.10. The van der Waals surface area contributed by atoms with Crippen molar-refractivity contribution in [1.29, 1.82) is 5.41 Å². The summed E-state index contributed by atoms with van der Waals surface area (Å²) in [5.41, 5.74) is 8.90. The number of nitrogens with two attached hydrogens (primary N) is 1. The molecule has 0 atom stereocenters. The number of hydrogen-bond donors (Lipinski definition) is 3. The molecule has 0 spiro atoms. The van der Waals surface area contributed by atoms with E-state index in [9.17, 15) is 0 Å². The summed E-state index contributed by atoms with van der Waals surface area (Å²) in [6.45, 7) is 11.0. The van der Waals surface area contributed by atoms with Crippen molar-refractivity contribution < 1.29 is 4.74 Å². The van der Waals surface area contributed by atoms with Crippen LogP contribution in [0.2, 0.25) is 0 Å². The predicted molar refractivity (Wildman–Crippen MR) is 98.0 cm³/mol. The fourth-order valence-corrected chi connectivity index (χ4v) is 2.36. The van der Waals surface area contributed by atoms with Crippen LogP contribution in [0.4, 0.5) is 0 Å². The highest BCUT2D eigenvalue weighted by molar-refractivity contribution is 6.19. The molecule has 0 aliphatic carbocycles. The number of alkyl halides is 1. The van der Waals surface area contributed by atoms with Crippen molar-refractivity contribution >= 4 is 17.8 Å². The topological polar surface area (TPSA) is 74.4 Å². The van der Waals surface area contributed by atoms with Crippen LogP contribution in [0.5, 0.6) is 0 Å². The summed E-state index contributed by atoms with van der Waals surface area (Å²) in [5, 5.41) is 10.8. The van der Waals surface area contributed by atoms with Crippen molar-refractivity contribution in [3.8, 4) is 0 Å². The summed E-state index contributed by atoms with van der Waals surface area (Å²) < 4.78 is 5.34. The number of halogens is 1. The largest absolute Gasteiger partial charge is 0.398 e. The minimum atomic E-state index is 0.363. The quantitative estimate of drug-likeness (QED) is 0.341. The maximum Gasteiger partial charge on any atom is 0.0594 e. The summed E-state index contributed by atoms with van der Waals surface area (Å²) in [6, 6.07) is 0. The average Bonchev–Trinajstić information content (AvgIpc) is 2.58. The minimum Gasteiger partial charge on any atom is -0.398 e. The van der Waals surface area contributed by atoms with Crippen molar-refractivity contribution in [2.75, 3.05) is 45.3 Å². The van der Waals surface area contributed by atoms with E-state index in [0.717, 1.165) is 50.7 Å². The molecule has 1 aliphatic rings. The first-order valence-electron chi connectivity index (χ1n) is 7.76. The van der Waals surface area contributed by atoms with Crippen molar-refractivity contribution in [2.45, 2.75) is 6.92 Å². The highest BCUT2D eigenvalue weighted by atomic mass is 35.5. The van der Waals surface area contributed by atoms with E-state index < -0.39 is 0 Å². The van der Waals surface area contributed by atoms with Gasteiger partial charge in [0.2, 0.25) is 0 Å². The molecule has 0 unspecified atom stereocenters. The number of allylic oxidation sites excluding steroid dienone is 4. The molecule has 0 saturated carbocycles. The maximum atomic E-state index is 7.44. The van der Waals surface area contributed by atoms with Gasteiger partial charge in [0.25, 0.3) is 0 Å². The molecule has 6 heteroatoms. The first-order chi connectivity index (χ1) is 11.1. The van der Waals surface area contributed by atoms with Crippen LogP contribution in [0, 0.1) is 5.41 Å². The molecular formula is C17H27ClN4O. The molecule has 1 saturated heterocycles. The standard InChI is InChI=1S/C17H27ClN4O/c1-3-15(16(20)4-5-18)12-17(14(2)13-19)21-6-7-22-8-10-23-11-9-22/h3-4,12-13,19,21H,2,5-11,20H2,1H3/b15-3+,16-4-,17-12+,19-13?. The number of rotatable bonds is 9. The van der Waals surface area contributed by atoms with E-state index in [4.69, 9.17) is 27.5 Å². The van der Waals surface area contributed by atoms with Gasteiger partial charge >= 0.3 is 0 Å². The second-order valence-electron chi connectivity index (χ2n) is 5.17. The van der Waals surface area contributed by atoms with E-state index in [2.05, 4.69) is 16.8 Å². The normalized spacial score (nSPS) is 17.9. The van der Waals surface area contributed by atoms with Crippen LogP contribution in [-0.2, 0) is 4.74 Å². The molecule has 1 fully saturated rings. The molecule has 1 aliphatic heterocycles. The molecule has 0 bridgehead atoms. The molecule has 23 heavy (non-hydrogen) atoms. The van der Waals surface area contributed by atoms with Gasteiger partial charge in [0.05, 0.1) is 13.2 Å². The Balaban J connectivity index is 2.71. The Morgan fingerprint density at radius 1 is 1.43 bits per heavy atom. The van der Waals surface area contributed by atoms with Gasteiger partial charge in [-0.1, -0.05) is 12.7 Å². The zero-order valence-corrected chi connectivity index (χ0v) is 14.5. The molecule has 0 aromatic rings. The third-order valence-corrected chi connectivity index (χ3v) is 3.76. The number of ether oxygens (including phenoxy) is 1. The van der Waals surface area contributed by atoms with Crippen LogP contribution in [0.25, 0.3) is 0 Å². The van der Waals surface area contributed by atoms with Gasteiger partial charge in [-0.15, -0.1) is 11.6 Å². The first kappa shape index (κ1) is 19.5. The molecule has 128 valence electrons. The van der Waals surface area contributed by atoms with Gasteiger partial charge in [0, 0.05) is 55.2 Å². The van der Waals surface area contributed by atoms with E-state index in [1.165, 1.54) is 6.21 Å². The van der Waals surface area contributed by atoms with Crippen LogP contribution >= 0.6 is 11.6 Å². The zero-order valence-electron chi connectivity index (χ0n) is 13.8. The van der Waals surface area contributed by atoms with Gasteiger partial charge in [0.15, 0.2) is 0 Å². The summed E-state index contributed by atoms with van der Waals surface area (Å²) >= 11 is 5.70. The van der Waals surface area contributed by atoms with Crippen molar-refractivity contribution in [3.05, 3.63) is 47.3 Å². The fraction of sp³-hybridized carbons (Fsp3) is 0.471. The maximum absolute atomic E-state index is 7.44. The SMILES string of the molecule is C=C(C=N)\C(=C/C(=C\C)C(/N)=C/CCl)NCCN1CCOCC1. The molecule has 5 nitrogen and oxygen atoms in total. The van der Waals surface area contributed by atoms with E-state index in [0.29, 0.717) is 17.2 Å². The summed E-state index contributed by atoms with van der Waals surface area (Å²) in [6.07, 6.45) is 6.82. The third kappa shape index (κ3) is 7.03. The number of morpholine rings is 1. The molecule has 0 aromatic heterocycles. The van der Waals surface area contributed by atoms with Crippen molar-refractivity contribution in [3.63, 3.8) is 0 Å². The fourth-order valence-electron chi connectivity index (χ4n) is 2.20. The van der Waals surface area contributed by atoms with E-state index in [-0.39, 0.29) is 0 Å². The third-order valence-electron chi connectivity index (χ3n) is 3.61. The Morgan fingerprint density at radius 2 is 2.13 bits per heavy atom. The lowest BCUT2D eigenvalue weighted by Crippen LogP contribution is -2.40. The highest BCUT2D eigenvalue weighted by Crippen LogP contribution is 2.12. The lowest BCUT2D eigenvalue weighted by molar-refractivity contribution is 0.0387. The Bertz CT molecular complexity index is 491. The lowest BCUT2D eigenvalue weighted by atomic mass is 10.1. The van der Waals surface area contributed by atoms with E-state index in [1.807, 2.05) is 19.1 Å². The van der Waals surface area contributed by atoms with Crippen LogP contribution in [-0.4, -0.2) is 56.4 Å². The Hall–Kier alpha value is -1.56. The molecule has 1 heterocycles. The minimum absolute atomic E-state index is 0.363. The van der Waals surface area contributed by atoms with Gasteiger partial charge in [-0.25, -0.2) is 0 Å². The second kappa shape index (κ2) is 11.0. The van der Waals surface area contributed by atoms with Crippen LogP contribution in [0.1, 0.15) is 6.92 Å². The zero-order chi connectivity index (χ0) is 17.1. The molecule has 0 aromatic carbocycles. The number of nitrogens with one attached hydrogen (secondary N) is 2. The monoisotopic (exact) mass is 338 g/mol. The number of nitrogens with zero attached hydrogens (tertiary/aromatic N) is 1. The van der Waals surface area contributed by atoms with Gasteiger partial charge in [-0.05, 0) is 24.6 Å². The molecular weight excluding hydrogens is 312 g/mol. The molecule has 0 amide bonds. The Labute approximate surface area is 144 Å². The lowest BCUT2D eigenvalue weighted by Gasteiger charge is -2.27. The van der Waals surface area contributed by atoms with Gasteiger partial charge in [0.1, 0.15) is 0 Å².